The first-order valence-corrected chi connectivity index (χ1v) is 4.62. The Hall–Kier alpha value is -1.67. The average Bonchev–Trinajstić information content (AvgIpc) is 2.28. The van der Waals surface area contributed by atoms with Gasteiger partial charge in [0, 0.05) is 12.7 Å². The Labute approximate surface area is 92.2 Å². The van der Waals surface area contributed by atoms with Gasteiger partial charge in [-0.05, 0) is 13.0 Å². The third kappa shape index (κ3) is 2.47. The second-order valence-corrected chi connectivity index (χ2v) is 3.13. The molecule has 1 aromatic rings. The fourth-order valence-corrected chi connectivity index (χ4v) is 1.17. The minimum absolute atomic E-state index is 0.0332. The summed E-state index contributed by atoms with van der Waals surface area (Å²) in [5.74, 6) is -2.18. The maximum atomic E-state index is 13.6. The maximum absolute atomic E-state index is 13.6. The Balaban J connectivity index is 3.02. The van der Waals surface area contributed by atoms with E-state index in [0.717, 1.165) is 6.07 Å². The van der Waals surface area contributed by atoms with Crippen LogP contribution in [0.5, 0.6) is 5.75 Å². The van der Waals surface area contributed by atoms with Crippen molar-refractivity contribution < 1.29 is 18.3 Å². The van der Waals surface area contributed by atoms with Gasteiger partial charge in [0.05, 0.1) is 18.2 Å². The van der Waals surface area contributed by atoms with Gasteiger partial charge in [-0.25, -0.2) is 8.78 Å². The summed E-state index contributed by atoms with van der Waals surface area (Å²) >= 11 is 0. The van der Waals surface area contributed by atoms with Crippen molar-refractivity contribution in [3.8, 4) is 11.8 Å². The zero-order chi connectivity index (χ0) is 12.1. The first kappa shape index (κ1) is 12.4. The number of benzene rings is 1. The number of ether oxygens (including phenoxy) is 2. The Morgan fingerprint density at radius 2 is 2.06 bits per heavy atom. The lowest BCUT2D eigenvalue weighted by molar-refractivity contribution is 0.141. The lowest BCUT2D eigenvalue weighted by atomic mass is 10.1. The number of methoxy groups -OCH3 is 1. The monoisotopic (exact) mass is 227 g/mol. The summed E-state index contributed by atoms with van der Waals surface area (Å²) in [7, 11) is 1.46. The van der Waals surface area contributed by atoms with Crippen molar-refractivity contribution in [2.24, 2.45) is 0 Å². The Kier molecular flexibility index (Phi) is 4.20. The van der Waals surface area contributed by atoms with Crippen molar-refractivity contribution in [1.29, 1.82) is 5.26 Å². The summed E-state index contributed by atoms with van der Waals surface area (Å²) in [4.78, 5) is 0. The van der Waals surface area contributed by atoms with E-state index in [1.165, 1.54) is 14.0 Å². The summed E-state index contributed by atoms with van der Waals surface area (Å²) in [5, 5.41) is 8.63. The van der Waals surface area contributed by atoms with Gasteiger partial charge in [-0.1, -0.05) is 0 Å². The lowest BCUT2D eigenvalue weighted by Gasteiger charge is -2.10. The number of hydrogen-bond donors (Lipinski definition) is 0. The molecule has 86 valence electrons. The van der Waals surface area contributed by atoms with Crippen molar-refractivity contribution in [1.82, 2.24) is 0 Å². The molecule has 0 saturated heterocycles. The van der Waals surface area contributed by atoms with Gasteiger partial charge in [-0.3, -0.25) is 0 Å². The van der Waals surface area contributed by atoms with Gasteiger partial charge in [0.2, 0.25) is 0 Å². The molecular formula is C11H11F2NO2. The molecule has 0 bridgehead atoms. The number of nitriles is 1. The maximum Gasteiger partial charge on any atom is 0.191 e. The van der Waals surface area contributed by atoms with Gasteiger partial charge in [-0.2, -0.15) is 5.26 Å². The number of nitrogens with zero attached hydrogens (tertiary/aromatic N) is 1. The predicted octanol–water partition coefficient (Wildman–Crippen LogP) is 2.17. The van der Waals surface area contributed by atoms with E-state index in [-0.39, 0.29) is 24.3 Å². The highest BCUT2D eigenvalue weighted by molar-refractivity contribution is 5.44. The van der Waals surface area contributed by atoms with Crippen LogP contribution < -0.4 is 4.74 Å². The molecule has 0 amide bonds. The molecule has 3 nitrogen and oxygen atoms in total. The minimum atomic E-state index is -0.879. The second-order valence-electron chi connectivity index (χ2n) is 3.13. The number of rotatable bonds is 4. The molecule has 0 aliphatic rings. The van der Waals surface area contributed by atoms with Crippen LogP contribution in [-0.2, 0) is 4.74 Å². The van der Waals surface area contributed by atoms with Gasteiger partial charge in [0.1, 0.15) is 6.61 Å². The van der Waals surface area contributed by atoms with E-state index in [9.17, 15) is 8.78 Å². The van der Waals surface area contributed by atoms with Crippen LogP contribution in [0, 0.1) is 29.9 Å². The van der Waals surface area contributed by atoms with E-state index in [1.54, 1.807) is 6.07 Å². The fraction of sp³-hybridized carbons (Fsp3) is 0.364. The van der Waals surface area contributed by atoms with Crippen LogP contribution in [0.1, 0.15) is 11.1 Å². The molecule has 0 radical (unpaired) electrons. The van der Waals surface area contributed by atoms with Gasteiger partial charge in [-0.15, -0.1) is 0 Å². The van der Waals surface area contributed by atoms with Crippen LogP contribution in [0.15, 0.2) is 6.07 Å². The smallest absolute Gasteiger partial charge is 0.191 e. The zero-order valence-corrected chi connectivity index (χ0v) is 9.01. The molecule has 0 heterocycles. The Morgan fingerprint density at radius 3 is 2.62 bits per heavy atom. The molecule has 0 spiro atoms. The molecule has 0 unspecified atom stereocenters. The van der Waals surface area contributed by atoms with E-state index in [1.807, 2.05) is 0 Å². The summed E-state index contributed by atoms with van der Waals surface area (Å²) in [6.07, 6.45) is 0. The molecule has 0 aromatic heterocycles. The third-order valence-electron chi connectivity index (χ3n) is 2.07. The first-order chi connectivity index (χ1) is 7.61. The molecule has 5 heteroatoms. The van der Waals surface area contributed by atoms with Crippen LogP contribution in [0.2, 0.25) is 0 Å². The molecule has 0 saturated carbocycles. The SMILES string of the molecule is COCCOc1c(F)cc(C#N)c(C)c1F. The van der Waals surface area contributed by atoms with E-state index < -0.39 is 17.4 Å². The van der Waals surface area contributed by atoms with Crippen molar-refractivity contribution in [2.75, 3.05) is 20.3 Å². The normalized spacial score (nSPS) is 9.94. The highest BCUT2D eigenvalue weighted by atomic mass is 19.1. The molecule has 0 aliphatic heterocycles. The van der Waals surface area contributed by atoms with Crippen LogP contribution in [0.3, 0.4) is 0 Å². The van der Waals surface area contributed by atoms with Crippen molar-refractivity contribution in [3.05, 3.63) is 28.8 Å². The topological polar surface area (TPSA) is 42.2 Å². The van der Waals surface area contributed by atoms with E-state index >= 15 is 0 Å². The van der Waals surface area contributed by atoms with Gasteiger partial charge in [0.25, 0.3) is 0 Å². The number of hydrogen-bond acceptors (Lipinski definition) is 3. The predicted molar refractivity (Wildman–Crippen MR) is 53.2 cm³/mol. The van der Waals surface area contributed by atoms with Gasteiger partial charge >= 0.3 is 0 Å². The van der Waals surface area contributed by atoms with Crippen LogP contribution in [-0.4, -0.2) is 20.3 Å². The third-order valence-corrected chi connectivity index (χ3v) is 2.07. The molecule has 0 fully saturated rings. The molecule has 0 aliphatic carbocycles. The summed E-state index contributed by atoms with van der Waals surface area (Å²) in [6.45, 7) is 1.68. The van der Waals surface area contributed by atoms with Crippen molar-refractivity contribution >= 4 is 0 Å². The largest absolute Gasteiger partial charge is 0.485 e. The van der Waals surface area contributed by atoms with Crippen molar-refractivity contribution in [3.63, 3.8) is 0 Å². The van der Waals surface area contributed by atoms with Gasteiger partial charge < -0.3 is 9.47 Å². The zero-order valence-electron chi connectivity index (χ0n) is 9.01. The van der Waals surface area contributed by atoms with E-state index in [2.05, 4.69) is 0 Å². The van der Waals surface area contributed by atoms with E-state index in [0.29, 0.717) is 0 Å². The minimum Gasteiger partial charge on any atom is -0.485 e. The summed E-state index contributed by atoms with van der Waals surface area (Å²) in [6, 6.07) is 2.67. The molecule has 0 N–H and O–H groups in total. The van der Waals surface area contributed by atoms with Crippen molar-refractivity contribution in [2.45, 2.75) is 6.92 Å². The quantitative estimate of drug-likeness (QED) is 0.740. The Bertz CT molecular complexity index is 427. The second kappa shape index (κ2) is 5.42. The molecule has 16 heavy (non-hydrogen) atoms. The highest BCUT2D eigenvalue weighted by Crippen LogP contribution is 2.26. The molecular weight excluding hydrogens is 216 g/mol. The molecule has 1 aromatic carbocycles. The highest BCUT2D eigenvalue weighted by Gasteiger charge is 2.16. The number of halogens is 2. The summed E-state index contributed by atoms with van der Waals surface area (Å²) < 4.78 is 36.5. The van der Waals surface area contributed by atoms with Gasteiger partial charge in [0.15, 0.2) is 17.4 Å². The van der Waals surface area contributed by atoms with Crippen LogP contribution in [0.4, 0.5) is 8.78 Å². The first-order valence-electron chi connectivity index (χ1n) is 4.62. The summed E-state index contributed by atoms with van der Waals surface area (Å²) in [5.41, 5.74) is 0.0467. The standard InChI is InChI=1S/C11H11F2NO2/c1-7-8(6-14)5-9(12)11(10(7)13)16-4-3-15-2/h5H,3-4H2,1-2H3. The van der Waals surface area contributed by atoms with E-state index in [4.69, 9.17) is 14.7 Å². The Morgan fingerprint density at radius 1 is 1.38 bits per heavy atom. The average molecular weight is 227 g/mol. The molecule has 1 rings (SSSR count). The molecule has 0 atom stereocenters. The van der Waals surface area contributed by atoms with Crippen LogP contribution >= 0.6 is 0 Å². The lowest BCUT2D eigenvalue weighted by Crippen LogP contribution is -2.08. The van der Waals surface area contributed by atoms with Crippen LogP contribution in [0.25, 0.3) is 0 Å². The fourth-order valence-electron chi connectivity index (χ4n) is 1.17.